The number of imidazole rings is 1. The summed E-state index contributed by atoms with van der Waals surface area (Å²) in [6.07, 6.45) is 5.88. The van der Waals surface area contributed by atoms with Gasteiger partial charge >= 0.3 is 0 Å². The molecule has 1 radical (unpaired) electrons. The van der Waals surface area contributed by atoms with Crippen LogP contribution in [-0.4, -0.2) is 15.7 Å². The number of pyridine rings is 1. The van der Waals surface area contributed by atoms with Gasteiger partial charge in [-0.3, -0.25) is 4.79 Å². The lowest BCUT2D eigenvalue weighted by Crippen LogP contribution is -1.83. The van der Waals surface area contributed by atoms with E-state index in [2.05, 4.69) is 4.98 Å². The maximum absolute atomic E-state index is 10.1. The molecule has 0 saturated heterocycles. The molecule has 0 fully saturated rings. The molecule has 2 heterocycles. The molecular formula is C10H9N2O. The second-order valence-electron chi connectivity index (χ2n) is 3.02. The summed E-state index contributed by atoms with van der Waals surface area (Å²) in [6, 6.07) is 3.98. The molecular weight excluding hydrogens is 164 g/mol. The fraction of sp³-hybridized carbons (Fsp3) is 0.200. The molecule has 0 atom stereocenters. The van der Waals surface area contributed by atoms with E-state index in [9.17, 15) is 4.79 Å². The van der Waals surface area contributed by atoms with E-state index in [1.165, 1.54) is 5.56 Å². The first-order chi connectivity index (χ1) is 6.29. The summed E-state index contributed by atoms with van der Waals surface area (Å²) in [5.74, 6) is 0. The van der Waals surface area contributed by atoms with Crippen LogP contribution in [0.4, 0.5) is 0 Å². The van der Waals surface area contributed by atoms with Crippen LogP contribution in [0.25, 0.3) is 5.65 Å². The molecule has 0 aromatic carbocycles. The zero-order chi connectivity index (χ0) is 9.26. The van der Waals surface area contributed by atoms with Crippen molar-refractivity contribution < 1.29 is 4.79 Å². The number of carbonyl (C=O) groups excluding carboxylic acids is 1. The number of hydrogen-bond acceptors (Lipinski definition) is 2. The Kier molecular flexibility index (Phi) is 1.85. The van der Waals surface area contributed by atoms with Gasteiger partial charge in [-0.15, -0.1) is 0 Å². The highest BCUT2D eigenvalue weighted by Gasteiger charge is 2.00. The number of rotatable bonds is 2. The van der Waals surface area contributed by atoms with E-state index in [0.29, 0.717) is 0 Å². The third-order valence-corrected chi connectivity index (χ3v) is 1.92. The standard InChI is InChI=1S/C10H9N2O/c1-8-2-4-12-7-9(3-5-13)11-10(12)6-8/h2,4,6-7H,3H2,1H3. The van der Waals surface area contributed by atoms with E-state index in [4.69, 9.17) is 0 Å². The summed E-state index contributed by atoms with van der Waals surface area (Å²) in [4.78, 5) is 14.4. The van der Waals surface area contributed by atoms with E-state index in [1.807, 2.05) is 42.1 Å². The second-order valence-corrected chi connectivity index (χ2v) is 3.02. The first-order valence-electron chi connectivity index (χ1n) is 4.09. The van der Waals surface area contributed by atoms with Crippen LogP contribution >= 0.6 is 0 Å². The maximum Gasteiger partial charge on any atom is 0.204 e. The smallest absolute Gasteiger partial charge is 0.204 e. The third-order valence-electron chi connectivity index (χ3n) is 1.92. The minimum absolute atomic E-state index is 0.265. The molecule has 2 rings (SSSR count). The fourth-order valence-electron chi connectivity index (χ4n) is 1.30. The summed E-state index contributed by atoms with van der Waals surface area (Å²) in [7, 11) is 0. The predicted octanol–water partition coefficient (Wildman–Crippen LogP) is 1.29. The van der Waals surface area contributed by atoms with Crippen molar-refractivity contribution in [2.45, 2.75) is 13.3 Å². The fourth-order valence-corrected chi connectivity index (χ4v) is 1.30. The monoisotopic (exact) mass is 173 g/mol. The minimum Gasteiger partial charge on any atom is -0.307 e. The van der Waals surface area contributed by atoms with Gasteiger partial charge in [0.25, 0.3) is 0 Å². The van der Waals surface area contributed by atoms with Gasteiger partial charge in [-0.25, -0.2) is 4.98 Å². The van der Waals surface area contributed by atoms with Gasteiger partial charge in [-0.2, -0.15) is 0 Å². The molecule has 0 saturated carbocycles. The molecule has 0 amide bonds. The molecule has 2 aromatic rings. The Hall–Kier alpha value is -1.64. The SMILES string of the molecule is Cc1ccn2cc(C[C]=O)nc2c1. The summed E-state index contributed by atoms with van der Waals surface area (Å²) >= 11 is 0. The van der Waals surface area contributed by atoms with E-state index >= 15 is 0 Å². The van der Waals surface area contributed by atoms with Gasteiger partial charge < -0.3 is 4.40 Å². The van der Waals surface area contributed by atoms with E-state index in [-0.39, 0.29) is 6.42 Å². The molecule has 0 aliphatic rings. The number of aryl methyl sites for hydroxylation is 1. The molecule has 0 N–H and O–H groups in total. The molecule has 13 heavy (non-hydrogen) atoms. The summed E-state index contributed by atoms with van der Waals surface area (Å²) in [6.45, 7) is 2.01. The topological polar surface area (TPSA) is 34.4 Å². The third kappa shape index (κ3) is 1.45. The Morgan fingerprint density at radius 2 is 2.46 bits per heavy atom. The molecule has 3 heteroatoms. The number of nitrogens with zero attached hydrogens (tertiary/aromatic N) is 2. The molecule has 0 aliphatic heterocycles. The van der Waals surface area contributed by atoms with E-state index in [1.54, 1.807) is 0 Å². The van der Waals surface area contributed by atoms with E-state index in [0.717, 1.165) is 11.3 Å². The lowest BCUT2D eigenvalue weighted by Gasteiger charge is -1.92. The van der Waals surface area contributed by atoms with Gasteiger partial charge in [0, 0.05) is 12.4 Å². The molecule has 2 aromatic heterocycles. The van der Waals surface area contributed by atoms with Crippen LogP contribution < -0.4 is 0 Å². The molecule has 0 bridgehead atoms. The Morgan fingerprint density at radius 3 is 3.23 bits per heavy atom. The summed E-state index contributed by atoms with van der Waals surface area (Å²) < 4.78 is 1.90. The van der Waals surface area contributed by atoms with Crippen LogP contribution in [0, 0.1) is 6.92 Å². The Balaban J connectivity index is 2.55. The normalized spacial score (nSPS) is 10.5. The number of fused-ring (bicyclic) bond motifs is 1. The Morgan fingerprint density at radius 1 is 1.62 bits per heavy atom. The van der Waals surface area contributed by atoms with Gasteiger partial charge in [-0.05, 0) is 24.6 Å². The number of aromatic nitrogens is 2. The van der Waals surface area contributed by atoms with Crippen molar-refractivity contribution >= 4 is 11.9 Å². The van der Waals surface area contributed by atoms with Crippen molar-refractivity contribution in [2.75, 3.05) is 0 Å². The molecule has 65 valence electrons. The predicted molar refractivity (Wildman–Crippen MR) is 49.3 cm³/mol. The van der Waals surface area contributed by atoms with Crippen molar-refractivity contribution in [3.8, 4) is 0 Å². The zero-order valence-corrected chi connectivity index (χ0v) is 7.32. The van der Waals surface area contributed by atoms with Crippen LogP contribution in [0.2, 0.25) is 0 Å². The minimum atomic E-state index is 0.265. The van der Waals surface area contributed by atoms with Gasteiger partial charge in [0.2, 0.25) is 6.29 Å². The van der Waals surface area contributed by atoms with Gasteiger partial charge in [0.1, 0.15) is 5.65 Å². The van der Waals surface area contributed by atoms with Gasteiger partial charge in [-0.1, -0.05) is 0 Å². The highest BCUT2D eigenvalue weighted by atomic mass is 16.1. The molecule has 3 nitrogen and oxygen atoms in total. The van der Waals surface area contributed by atoms with Crippen molar-refractivity contribution in [3.05, 3.63) is 35.8 Å². The van der Waals surface area contributed by atoms with Crippen molar-refractivity contribution in [1.29, 1.82) is 0 Å². The lowest BCUT2D eigenvalue weighted by molar-refractivity contribution is 0.554. The van der Waals surface area contributed by atoms with Crippen LogP contribution in [-0.2, 0) is 11.2 Å². The van der Waals surface area contributed by atoms with Crippen LogP contribution in [0.1, 0.15) is 11.3 Å². The van der Waals surface area contributed by atoms with Gasteiger partial charge in [0.05, 0.1) is 12.1 Å². The van der Waals surface area contributed by atoms with E-state index < -0.39 is 0 Å². The van der Waals surface area contributed by atoms with Crippen LogP contribution in [0.5, 0.6) is 0 Å². The van der Waals surface area contributed by atoms with Crippen molar-refractivity contribution in [3.63, 3.8) is 0 Å². The first kappa shape index (κ1) is 7.98. The second kappa shape index (κ2) is 3.01. The molecule has 0 spiro atoms. The average molecular weight is 173 g/mol. The van der Waals surface area contributed by atoms with Crippen molar-refractivity contribution in [1.82, 2.24) is 9.38 Å². The zero-order valence-electron chi connectivity index (χ0n) is 7.32. The largest absolute Gasteiger partial charge is 0.307 e. The highest BCUT2D eigenvalue weighted by Crippen LogP contribution is 2.07. The summed E-state index contributed by atoms with van der Waals surface area (Å²) in [5.41, 5.74) is 2.81. The lowest BCUT2D eigenvalue weighted by atomic mass is 10.3. The summed E-state index contributed by atoms with van der Waals surface area (Å²) in [5, 5.41) is 0. The highest BCUT2D eigenvalue weighted by molar-refractivity contribution is 5.56. The average Bonchev–Trinajstić information content (AvgIpc) is 2.46. The maximum atomic E-state index is 10.1. The molecule has 0 aliphatic carbocycles. The number of hydrogen-bond donors (Lipinski definition) is 0. The first-order valence-corrected chi connectivity index (χ1v) is 4.09. The quantitative estimate of drug-likeness (QED) is 0.685. The molecule has 0 unspecified atom stereocenters. The Labute approximate surface area is 76.0 Å². The van der Waals surface area contributed by atoms with Crippen LogP contribution in [0.15, 0.2) is 24.5 Å². The Bertz CT molecular complexity index is 445. The van der Waals surface area contributed by atoms with Crippen LogP contribution in [0.3, 0.4) is 0 Å². The van der Waals surface area contributed by atoms with Gasteiger partial charge in [0.15, 0.2) is 0 Å². The van der Waals surface area contributed by atoms with Crippen molar-refractivity contribution in [2.24, 2.45) is 0 Å².